The van der Waals surface area contributed by atoms with Crippen molar-refractivity contribution in [1.29, 1.82) is 5.26 Å². The van der Waals surface area contributed by atoms with Crippen molar-refractivity contribution in [2.75, 3.05) is 13.2 Å². The fourth-order valence-corrected chi connectivity index (χ4v) is 2.34. The van der Waals surface area contributed by atoms with Gasteiger partial charge >= 0.3 is 0 Å². The summed E-state index contributed by atoms with van der Waals surface area (Å²) in [6, 6.07) is 7.28. The molecule has 4 heteroatoms. The average molecular weight is 219 g/mol. The Bertz CT molecular complexity index is 421. The predicted molar refractivity (Wildman–Crippen MR) is 57.0 cm³/mol. The van der Waals surface area contributed by atoms with Crippen LogP contribution >= 0.6 is 11.8 Å². The van der Waals surface area contributed by atoms with E-state index in [2.05, 4.69) is 6.07 Å². The molecular formula is C11H9NO2S. The van der Waals surface area contributed by atoms with E-state index in [1.54, 1.807) is 23.9 Å². The lowest BCUT2D eigenvalue weighted by atomic mass is 10.1. The molecule has 0 N–H and O–H groups in total. The zero-order valence-electron chi connectivity index (χ0n) is 7.97. The van der Waals surface area contributed by atoms with E-state index >= 15 is 0 Å². The Balaban J connectivity index is 2.22. The van der Waals surface area contributed by atoms with Gasteiger partial charge in [0.15, 0.2) is 0 Å². The van der Waals surface area contributed by atoms with Gasteiger partial charge in [0.05, 0.1) is 24.0 Å². The molecule has 0 saturated carbocycles. The molecule has 1 aliphatic heterocycles. The first-order valence-electron chi connectivity index (χ1n) is 4.57. The Kier molecular flexibility index (Phi) is 3.05. The van der Waals surface area contributed by atoms with E-state index < -0.39 is 0 Å². The van der Waals surface area contributed by atoms with E-state index in [0.717, 1.165) is 24.4 Å². The number of carbonyl (C=O) groups excluding carboxylic acids is 1. The summed E-state index contributed by atoms with van der Waals surface area (Å²) in [5.41, 5.74) is 1.11. The van der Waals surface area contributed by atoms with Gasteiger partial charge in [0.1, 0.15) is 12.4 Å². The van der Waals surface area contributed by atoms with Crippen LogP contribution in [0.15, 0.2) is 23.1 Å². The minimum absolute atomic E-state index is 0.444. The molecule has 3 nitrogen and oxygen atoms in total. The zero-order valence-corrected chi connectivity index (χ0v) is 8.79. The van der Waals surface area contributed by atoms with Crippen molar-refractivity contribution in [3.8, 4) is 6.07 Å². The first-order valence-corrected chi connectivity index (χ1v) is 5.45. The van der Waals surface area contributed by atoms with Crippen LogP contribution in [0.1, 0.15) is 15.9 Å². The lowest BCUT2D eigenvalue weighted by Crippen LogP contribution is -2.30. The molecule has 0 aliphatic carbocycles. The summed E-state index contributed by atoms with van der Waals surface area (Å²) in [5, 5.41) is 9.38. The molecular weight excluding hydrogens is 210 g/mol. The number of rotatable bonds is 3. The predicted octanol–water partition coefficient (Wildman–Crippen LogP) is 1.86. The van der Waals surface area contributed by atoms with Crippen molar-refractivity contribution in [3.05, 3.63) is 29.3 Å². The fraction of sp³-hybridized carbons (Fsp3) is 0.273. The maximum Gasteiger partial charge on any atom is 0.150 e. The van der Waals surface area contributed by atoms with E-state index in [-0.39, 0.29) is 0 Å². The van der Waals surface area contributed by atoms with Crippen LogP contribution in [-0.2, 0) is 4.74 Å². The monoisotopic (exact) mass is 219 g/mol. The number of nitrogens with zero attached hydrogens (tertiary/aromatic N) is 1. The Morgan fingerprint density at radius 1 is 1.53 bits per heavy atom. The van der Waals surface area contributed by atoms with Crippen LogP contribution in [0.3, 0.4) is 0 Å². The van der Waals surface area contributed by atoms with Gasteiger partial charge in [-0.15, -0.1) is 11.8 Å². The highest BCUT2D eigenvalue weighted by Crippen LogP contribution is 2.30. The smallest absolute Gasteiger partial charge is 0.150 e. The molecule has 1 fully saturated rings. The first kappa shape index (κ1) is 10.2. The second kappa shape index (κ2) is 4.47. The molecule has 76 valence electrons. The number of hydrogen-bond acceptors (Lipinski definition) is 4. The molecule has 2 rings (SSSR count). The van der Waals surface area contributed by atoms with Crippen molar-refractivity contribution < 1.29 is 9.53 Å². The minimum atomic E-state index is 0.444. The number of hydrogen-bond donors (Lipinski definition) is 0. The molecule has 0 unspecified atom stereocenters. The van der Waals surface area contributed by atoms with Gasteiger partial charge in [-0.3, -0.25) is 4.79 Å². The molecule has 1 aromatic rings. The molecule has 0 spiro atoms. The van der Waals surface area contributed by atoms with Crippen molar-refractivity contribution in [3.63, 3.8) is 0 Å². The van der Waals surface area contributed by atoms with Gasteiger partial charge in [-0.1, -0.05) is 6.07 Å². The highest BCUT2D eigenvalue weighted by molar-refractivity contribution is 8.00. The summed E-state index contributed by atoms with van der Waals surface area (Å²) in [6.45, 7) is 1.48. The second-order valence-electron chi connectivity index (χ2n) is 3.26. The number of thioether (sulfide) groups is 1. The molecule has 15 heavy (non-hydrogen) atoms. The van der Waals surface area contributed by atoms with Crippen LogP contribution in [0, 0.1) is 11.3 Å². The summed E-state index contributed by atoms with van der Waals surface area (Å²) in [7, 11) is 0. The lowest BCUT2D eigenvalue weighted by molar-refractivity contribution is 0.0455. The third kappa shape index (κ3) is 2.20. The number of ether oxygens (including phenoxy) is 1. The number of aldehydes is 1. The molecule has 0 radical (unpaired) electrons. The third-order valence-corrected chi connectivity index (χ3v) is 3.38. The molecule has 0 aromatic heterocycles. The maximum atomic E-state index is 10.5. The van der Waals surface area contributed by atoms with Gasteiger partial charge in [0.25, 0.3) is 0 Å². The Morgan fingerprint density at radius 3 is 2.87 bits per heavy atom. The van der Waals surface area contributed by atoms with Gasteiger partial charge in [0.2, 0.25) is 0 Å². The molecule has 1 aliphatic rings. The van der Waals surface area contributed by atoms with E-state index in [1.165, 1.54) is 0 Å². The minimum Gasteiger partial charge on any atom is -0.379 e. The standard InChI is InChI=1S/C11H9NO2S/c12-4-9-3-8(5-13)1-2-11(9)15-10-6-14-7-10/h1-3,5,10H,6-7H2. The lowest BCUT2D eigenvalue weighted by Gasteiger charge is -2.25. The molecule has 0 atom stereocenters. The number of nitriles is 1. The molecule has 1 saturated heterocycles. The topological polar surface area (TPSA) is 50.1 Å². The largest absolute Gasteiger partial charge is 0.379 e. The van der Waals surface area contributed by atoms with Crippen molar-refractivity contribution in [1.82, 2.24) is 0 Å². The highest BCUT2D eigenvalue weighted by atomic mass is 32.2. The van der Waals surface area contributed by atoms with Crippen molar-refractivity contribution in [2.45, 2.75) is 10.1 Å². The van der Waals surface area contributed by atoms with Crippen LogP contribution < -0.4 is 0 Å². The van der Waals surface area contributed by atoms with Crippen molar-refractivity contribution in [2.24, 2.45) is 0 Å². The van der Waals surface area contributed by atoms with Crippen LogP contribution in [0.4, 0.5) is 0 Å². The van der Waals surface area contributed by atoms with Gasteiger partial charge in [-0.05, 0) is 12.1 Å². The Morgan fingerprint density at radius 2 is 2.33 bits per heavy atom. The van der Waals surface area contributed by atoms with Gasteiger partial charge < -0.3 is 4.74 Å². The average Bonchev–Trinajstić information content (AvgIpc) is 2.23. The van der Waals surface area contributed by atoms with Gasteiger partial charge in [-0.25, -0.2) is 0 Å². The van der Waals surface area contributed by atoms with E-state index in [9.17, 15) is 4.79 Å². The van der Waals surface area contributed by atoms with E-state index in [1.807, 2.05) is 6.07 Å². The van der Waals surface area contributed by atoms with Gasteiger partial charge in [-0.2, -0.15) is 5.26 Å². The van der Waals surface area contributed by atoms with E-state index in [4.69, 9.17) is 10.00 Å². The van der Waals surface area contributed by atoms with Crippen LogP contribution in [0.25, 0.3) is 0 Å². The normalized spacial score (nSPS) is 15.4. The SMILES string of the molecule is N#Cc1cc(C=O)ccc1SC1COC1. The Labute approximate surface area is 92.0 Å². The summed E-state index contributed by atoms with van der Waals surface area (Å²) >= 11 is 1.64. The second-order valence-corrected chi connectivity index (χ2v) is 4.60. The molecule has 1 heterocycles. The van der Waals surface area contributed by atoms with Crippen LogP contribution in [0.2, 0.25) is 0 Å². The summed E-state index contributed by atoms with van der Waals surface area (Å²) in [6.07, 6.45) is 0.752. The highest BCUT2D eigenvalue weighted by Gasteiger charge is 2.20. The fourth-order valence-electron chi connectivity index (χ4n) is 1.27. The van der Waals surface area contributed by atoms with E-state index in [0.29, 0.717) is 16.4 Å². The maximum absolute atomic E-state index is 10.5. The molecule has 1 aromatic carbocycles. The Hall–Kier alpha value is -1.31. The number of carbonyl (C=O) groups is 1. The van der Waals surface area contributed by atoms with Crippen molar-refractivity contribution >= 4 is 18.0 Å². The zero-order chi connectivity index (χ0) is 10.7. The first-order chi connectivity index (χ1) is 7.33. The quantitative estimate of drug-likeness (QED) is 0.728. The molecule has 0 amide bonds. The van der Waals surface area contributed by atoms with Crippen LogP contribution in [-0.4, -0.2) is 24.7 Å². The van der Waals surface area contributed by atoms with Gasteiger partial charge in [0, 0.05) is 10.5 Å². The summed E-state index contributed by atoms with van der Waals surface area (Å²) < 4.78 is 5.07. The van der Waals surface area contributed by atoms with Crippen LogP contribution in [0.5, 0.6) is 0 Å². The third-order valence-electron chi connectivity index (χ3n) is 2.16. The number of benzene rings is 1. The molecule has 0 bridgehead atoms. The summed E-state index contributed by atoms with van der Waals surface area (Å²) in [4.78, 5) is 11.5. The summed E-state index contributed by atoms with van der Waals surface area (Å²) in [5.74, 6) is 0.